The maximum atomic E-state index is 6.42. The van der Waals surface area contributed by atoms with Crippen LogP contribution in [-0.4, -0.2) is 68.3 Å². The van der Waals surface area contributed by atoms with Gasteiger partial charge in [-0.3, -0.25) is 10.2 Å². The van der Waals surface area contributed by atoms with Crippen LogP contribution in [0.2, 0.25) is 0 Å². The molecule has 2 fully saturated rings. The van der Waals surface area contributed by atoms with Crippen molar-refractivity contribution >= 4 is 10.8 Å². The topological polar surface area (TPSA) is 77.4 Å². The SMILES string of the molecule is C[C@]1(N)CNCCNC[C@@]2(C)CN(CCNC1)[C@@H](c1ccc3ccccc3c1)N2. The molecule has 0 spiro atoms. The molecule has 6 nitrogen and oxygen atoms in total. The fourth-order valence-electron chi connectivity index (χ4n) is 4.57. The minimum Gasteiger partial charge on any atom is -0.323 e. The van der Waals surface area contributed by atoms with E-state index in [4.69, 9.17) is 5.73 Å². The fourth-order valence-corrected chi connectivity index (χ4v) is 4.57. The highest BCUT2D eigenvalue weighted by atomic mass is 15.4. The summed E-state index contributed by atoms with van der Waals surface area (Å²) in [7, 11) is 0. The summed E-state index contributed by atoms with van der Waals surface area (Å²) >= 11 is 0. The first-order valence-corrected chi connectivity index (χ1v) is 10.9. The number of nitrogens with zero attached hydrogens (tertiary/aromatic N) is 1. The Bertz CT molecular complexity index is 822. The molecule has 2 saturated heterocycles. The second-order valence-corrected chi connectivity index (χ2v) is 9.37. The van der Waals surface area contributed by atoms with Crippen molar-refractivity contribution in [1.29, 1.82) is 0 Å². The van der Waals surface area contributed by atoms with Gasteiger partial charge in [0.1, 0.15) is 0 Å². The Kier molecular flexibility index (Phi) is 6.20. The van der Waals surface area contributed by atoms with Gasteiger partial charge in [0.2, 0.25) is 0 Å². The van der Waals surface area contributed by atoms with Crippen LogP contribution in [0.5, 0.6) is 0 Å². The van der Waals surface area contributed by atoms with Gasteiger partial charge in [-0.2, -0.15) is 0 Å². The third kappa shape index (κ3) is 5.15. The molecular weight excluding hydrogens is 360 g/mol. The minimum atomic E-state index is -0.236. The molecule has 2 aliphatic heterocycles. The Morgan fingerprint density at radius 1 is 0.897 bits per heavy atom. The molecule has 0 radical (unpaired) electrons. The molecule has 2 aliphatic rings. The molecule has 2 aromatic carbocycles. The average molecular weight is 397 g/mol. The highest BCUT2D eigenvalue weighted by Gasteiger charge is 2.40. The van der Waals surface area contributed by atoms with Crippen LogP contribution >= 0.6 is 0 Å². The smallest absolute Gasteiger partial charge is 0.0867 e. The van der Waals surface area contributed by atoms with Gasteiger partial charge in [0.25, 0.3) is 0 Å². The zero-order valence-electron chi connectivity index (χ0n) is 17.8. The quantitative estimate of drug-likeness (QED) is 0.495. The third-order valence-corrected chi connectivity index (χ3v) is 6.12. The first-order chi connectivity index (χ1) is 13.9. The molecule has 4 rings (SSSR count). The van der Waals surface area contributed by atoms with Crippen molar-refractivity contribution in [2.75, 3.05) is 52.4 Å². The number of benzene rings is 2. The van der Waals surface area contributed by atoms with Crippen LogP contribution in [0.1, 0.15) is 25.6 Å². The summed E-state index contributed by atoms with van der Waals surface area (Å²) in [4.78, 5) is 2.57. The zero-order chi connectivity index (χ0) is 20.3. The van der Waals surface area contributed by atoms with Crippen molar-refractivity contribution in [3.05, 3.63) is 48.0 Å². The zero-order valence-corrected chi connectivity index (χ0v) is 17.8. The van der Waals surface area contributed by atoms with Gasteiger partial charge >= 0.3 is 0 Å². The molecule has 0 amide bonds. The van der Waals surface area contributed by atoms with Gasteiger partial charge in [-0.05, 0) is 36.2 Å². The van der Waals surface area contributed by atoms with Gasteiger partial charge in [-0.25, -0.2) is 0 Å². The van der Waals surface area contributed by atoms with Crippen LogP contribution in [0.3, 0.4) is 0 Å². The minimum absolute atomic E-state index is 0.0445. The highest BCUT2D eigenvalue weighted by molar-refractivity contribution is 5.83. The Morgan fingerprint density at radius 2 is 1.59 bits per heavy atom. The lowest BCUT2D eigenvalue weighted by Crippen LogP contribution is -2.55. The van der Waals surface area contributed by atoms with Crippen LogP contribution in [0, 0.1) is 0 Å². The first-order valence-electron chi connectivity index (χ1n) is 10.9. The summed E-state index contributed by atoms with van der Waals surface area (Å²) in [5.41, 5.74) is 7.57. The predicted octanol–water partition coefficient (Wildman–Crippen LogP) is 1.00. The van der Waals surface area contributed by atoms with Crippen molar-refractivity contribution < 1.29 is 0 Å². The lowest BCUT2D eigenvalue weighted by Gasteiger charge is -2.28. The molecule has 29 heavy (non-hydrogen) atoms. The van der Waals surface area contributed by atoms with E-state index in [0.29, 0.717) is 0 Å². The average Bonchev–Trinajstić information content (AvgIpc) is 3.04. The predicted molar refractivity (Wildman–Crippen MR) is 121 cm³/mol. The molecule has 6 heteroatoms. The summed E-state index contributed by atoms with van der Waals surface area (Å²) in [5.74, 6) is 0. The maximum absolute atomic E-state index is 6.42. The van der Waals surface area contributed by atoms with Crippen molar-refractivity contribution in [3.8, 4) is 0 Å². The van der Waals surface area contributed by atoms with Crippen LogP contribution in [0.15, 0.2) is 42.5 Å². The van der Waals surface area contributed by atoms with Gasteiger partial charge in [0.15, 0.2) is 0 Å². The highest BCUT2D eigenvalue weighted by Crippen LogP contribution is 2.30. The van der Waals surface area contributed by atoms with E-state index in [1.165, 1.54) is 16.3 Å². The number of rotatable bonds is 1. The molecule has 2 heterocycles. The lowest BCUT2D eigenvalue weighted by molar-refractivity contribution is 0.240. The second kappa shape index (κ2) is 8.68. The second-order valence-electron chi connectivity index (χ2n) is 9.37. The van der Waals surface area contributed by atoms with Crippen LogP contribution in [0.25, 0.3) is 10.8 Å². The molecule has 158 valence electrons. The van der Waals surface area contributed by atoms with E-state index in [1.807, 2.05) is 0 Å². The van der Waals surface area contributed by atoms with Crippen molar-refractivity contribution in [2.45, 2.75) is 31.1 Å². The van der Waals surface area contributed by atoms with E-state index in [2.05, 4.69) is 82.5 Å². The van der Waals surface area contributed by atoms with Crippen LogP contribution < -0.4 is 27.0 Å². The van der Waals surface area contributed by atoms with Gasteiger partial charge in [0.05, 0.1) is 6.17 Å². The third-order valence-electron chi connectivity index (χ3n) is 6.12. The van der Waals surface area contributed by atoms with Crippen LogP contribution in [-0.2, 0) is 0 Å². The number of nitrogens with two attached hydrogens (primary N) is 1. The Hall–Kier alpha value is -1.54. The Balaban J connectivity index is 1.54. The normalized spacial score (nSPS) is 34.7. The molecule has 2 bridgehead atoms. The number of nitrogens with one attached hydrogen (secondary N) is 4. The van der Waals surface area contributed by atoms with Crippen molar-refractivity contribution in [3.63, 3.8) is 0 Å². The van der Waals surface area contributed by atoms with Gasteiger partial charge in [-0.15, -0.1) is 0 Å². The molecule has 0 saturated carbocycles. The van der Waals surface area contributed by atoms with Gasteiger partial charge in [0, 0.05) is 63.4 Å². The van der Waals surface area contributed by atoms with E-state index < -0.39 is 0 Å². The molecule has 2 aromatic rings. The number of hydrogen-bond donors (Lipinski definition) is 5. The first kappa shape index (κ1) is 20.7. The van der Waals surface area contributed by atoms with Crippen LogP contribution in [0.4, 0.5) is 0 Å². The molecule has 4 atom stereocenters. The molecular formula is C23H36N6. The summed E-state index contributed by atoms with van der Waals surface area (Å²) in [6.07, 6.45) is 0.223. The largest absolute Gasteiger partial charge is 0.323 e. The number of hydrogen-bond acceptors (Lipinski definition) is 6. The maximum Gasteiger partial charge on any atom is 0.0867 e. The summed E-state index contributed by atoms with van der Waals surface area (Å²) in [6.45, 7) is 11.8. The number of fused-ring (bicyclic) bond motifs is 3. The molecule has 6 N–H and O–H groups in total. The fraction of sp³-hybridized carbons (Fsp3) is 0.565. The summed E-state index contributed by atoms with van der Waals surface area (Å²) < 4.78 is 0. The van der Waals surface area contributed by atoms with Gasteiger partial charge in [-0.1, -0.05) is 36.4 Å². The van der Waals surface area contributed by atoms with Gasteiger partial charge < -0.3 is 21.7 Å². The van der Waals surface area contributed by atoms with E-state index in [1.54, 1.807) is 0 Å². The monoisotopic (exact) mass is 396 g/mol. The molecule has 0 aliphatic carbocycles. The summed E-state index contributed by atoms with van der Waals surface area (Å²) in [5, 5.41) is 17.2. The molecule has 1 unspecified atom stereocenters. The van der Waals surface area contributed by atoms with Crippen molar-refractivity contribution in [1.82, 2.24) is 26.2 Å². The van der Waals surface area contributed by atoms with E-state index in [0.717, 1.165) is 52.4 Å². The Morgan fingerprint density at radius 3 is 2.38 bits per heavy atom. The molecule has 0 aromatic heterocycles. The Labute approximate surface area is 174 Å². The van der Waals surface area contributed by atoms with E-state index >= 15 is 0 Å². The summed E-state index contributed by atoms with van der Waals surface area (Å²) in [6, 6.07) is 15.4. The van der Waals surface area contributed by atoms with E-state index in [9.17, 15) is 0 Å². The lowest BCUT2D eigenvalue weighted by atomic mass is 10.0. The standard InChI is InChI=1S/C23H36N6/c1-22(24)14-25-9-10-26-16-23(2)17-29(12-11-27-15-22)21(28-23)20-8-7-18-5-3-4-6-19(18)13-20/h3-8,13,21,25-28H,9-12,14-17,24H2,1-2H3/t21-,22-,23-/m0/s1. The van der Waals surface area contributed by atoms with E-state index in [-0.39, 0.29) is 17.2 Å². The van der Waals surface area contributed by atoms with Crippen molar-refractivity contribution in [2.24, 2.45) is 5.73 Å².